The van der Waals surface area contributed by atoms with Gasteiger partial charge in [-0.3, -0.25) is 4.79 Å². The summed E-state index contributed by atoms with van der Waals surface area (Å²) < 4.78 is 39.4. The Bertz CT molecular complexity index is 1190. The second-order valence-corrected chi connectivity index (χ2v) is 9.06. The third-order valence-corrected chi connectivity index (χ3v) is 6.88. The molecule has 168 valence electrons. The molecule has 0 radical (unpaired) electrons. The molecule has 0 saturated carbocycles. The molecule has 1 aliphatic rings. The maximum absolute atomic E-state index is 13.0. The van der Waals surface area contributed by atoms with Crippen molar-refractivity contribution >= 4 is 21.6 Å². The Balaban J connectivity index is 1.53. The van der Waals surface area contributed by atoms with Gasteiger partial charge in [0, 0.05) is 13.1 Å². The number of carbonyl (C=O) groups excluding carboxylic acids is 1. The number of benzene rings is 2. The molecule has 1 amide bonds. The van der Waals surface area contributed by atoms with Crippen molar-refractivity contribution in [3.05, 3.63) is 66.0 Å². The molecule has 1 aromatic heterocycles. The highest BCUT2D eigenvalue weighted by atomic mass is 32.2. The minimum atomic E-state index is -3.73. The molecule has 0 atom stereocenters. The summed E-state index contributed by atoms with van der Waals surface area (Å²) >= 11 is 0. The molecule has 2 aromatic carbocycles. The van der Waals surface area contributed by atoms with Crippen molar-refractivity contribution in [1.29, 1.82) is 0 Å². The van der Waals surface area contributed by atoms with E-state index in [0.717, 1.165) is 5.56 Å². The van der Waals surface area contributed by atoms with Crippen molar-refractivity contribution in [1.82, 2.24) is 19.3 Å². The number of aromatic nitrogens is 3. The maximum Gasteiger partial charge on any atom is 0.277 e. The fourth-order valence-corrected chi connectivity index (χ4v) is 4.75. The smallest absolute Gasteiger partial charge is 0.277 e. The van der Waals surface area contributed by atoms with Crippen molar-refractivity contribution in [3.63, 3.8) is 0 Å². The maximum atomic E-state index is 13.0. The first kappa shape index (κ1) is 21.9. The SMILES string of the molecule is COc1ccc(S(=O)(=O)N2CCOCC2)cc1NC(=O)c1cn(Cc2ccccc2)nn1. The van der Waals surface area contributed by atoms with Crippen molar-refractivity contribution in [2.24, 2.45) is 0 Å². The van der Waals surface area contributed by atoms with Crippen LogP contribution in [0.3, 0.4) is 0 Å². The minimum Gasteiger partial charge on any atom is -0.495 e. The Morgan fingerprint density at radius 3 is 2.62 bits per heavy atom. The largest absolute Gasteiger partial charge is 0.495 e. The monoisotopic (exact) mass is 457 g/mol. The lowest BCUT2D eigenvalue weighted by atomic mass is 10.2. The molecule has 3 aromatic rings. The molecule has 1 fully saturated rings. The first-order chi connectivity index (χ1) is 15.5. The van der Waals surface area contributed by atoms with Crippen molar-refractivity contribution in [2.45, 2.75) is 11.4 Å². The van der Waals surface area contributed by atoms with Crippen LogP contribution in [0.2, 0.25) is 0 Å². The molecule has 1 N–H and O–H groups in total. The number of hydrogen-bond acceptors (Lipinski definition) is 7. The number of ether oxygens (including phenoxy) is 2. The van der Waals surface area contributed by atoms with E-state index in [4.69, 9.17) is 9.47 Å². The highest BCUT2D eigenvalue weighted by Gasteiger charge is 2.27. The summed E-state index contributed by atoms with van der Waals surface area (Å²) in [7, 11) is -2.28. The molecule has 2 heterocycles. The molecule has 0 aliphatic carbocycles. The van der Waals surface area contributed by atoms with Gasteiger partial charge in [-0.05, 0) is 23.8 Å². The Morgan fingerprint density at radius 2 is 1.91 bits per heavy atom. The summed E-state index contributed by atoms with van der Waals surface area (Å²) in [5, 5.41) is 10.6. The van der Waals surface area contributed by atoms with Gasteiger partial charge in [0.15, 0.2) is 5.69 Å². The second-order valence-electron chi connectivity index (χ2n) is 7.12. The number of sulfonamides is 1. The third-order valence-electron chi connectivity index (χ3n) is 4.99. The van der Waals surface area contributed by atoms with E-state index in [2.05, 4.69) is 15.6 Å². The lowest BCUT2D eigenvalue weighted by Crippen LogP contribution is -2.40. The van der Waals surface area contributed by atoms with Crippen LogP contribution >= 0.6 is 0 Å². The van der Waals surface area contributed by atoms with Crippen LogP contribution < -0.4 is 10.1 Å². The van der Waals surface area contributed by atoms with Gasteiger partial charge in [-0.2, -0.15) is 4.31 Å². The third kappa shape index (κ3) is 4.79. The predicted molar refractivity (Wildman–Crippen MR) is 116 cm³/mol. The number of methoxy groups -OCH3 is 1. The zero-order chi connectivity index (χ0) is 22.6. The Morgan fingerprint density at radius 1 is 1.16 bits per heavy atom. The van der Waals surface area contributed by atoms with Crippen molar-refractivity contribution in [3.8, 4) is 5.75 Å². The van der Waals surface area contributed by atoms with Gasteiger partial charge in [0.05, 0.1) is 43.6 Å². The first-order valence-electron chi connectivity index (χ1n) is 9.99. The Hall–Kier alpha value is -3.28. The van der Waals surface area contributed by atoms with E-state index in [0.29, 0.717) is 25.5 Å². The van der Waals surface area contributed by atoms with E-state index >= 15 is 0 Å². The molecule has 0 spiro atoms. The standard InChI is InChI=1S/C21H23N5O5S/c1-30-20-8-7-17(32(28,29)26-9-11-31-12-10-26)13-18(20)22-21(27)19-15-25(24-23-19)14-16-5-3-2-4-6-16/h2-8,13,15H,9-12,14H2,1H3,(H,22,27). The number of rotatable bonds is 7. The quantitative estimate of drug-likeness (QED) is 0.573. The normalized spacial score (nSPS) is 14.8. The average molecular weight is 458 g/mol. The molecule has 4 rings (SSSR count). The van der Waals surface area contributed by atoms with E-state index in [9.17, 15) is 13.2 Å². The Kier molecular flexibility index (Phi) is 6.49. The van der Waals surface area contributed by atoms with Gasteiger partial charge in [0.1, 0.15) is 5.75 Å². The number of anilines is 1. The average Bonchev–Trinajstić information content (AvgIpc) is 3.29. The fourth-order valence-electron chi connectivity index (χ4n) is 3.32. The van der Waals surface area contributed by atoms with Gasteiger partial charge in [-0.25, -0.2) is 13.1 Å². The fraction of sp³-hybridized carbons (Fsp3) is 0.286. The molecule has 10 nitrogen and oxygen atoms in total. The van der Waals surface area contributed by atoms with Gasteiger partial charge in [0.2, 0.25) is 10.0 Å². The van der Waals surface area contributed by atoms with Crippen LogP contribution in [0.15, 0.2) is 59.6 Å². The number of nitrogens with one attached hydrogen (secondary N) is 1. The zero-order valence-electron chi connectivity index (χ0n) is 17.5. The van der Waals surface area contributed by atoms with Crippen LogP contribution in [-0.2, 0) is 21.3 Å². The van der Waals surface area contributed by atoms with Crippen molar-refractivity contribution < 1.29 is 22.7 Å². The summed E-state index contributed by atoms with van der Waals surface area (Å²) in [6.45, 7) is 1.72. The summed E-state index contributed by atoms with van der Waals surface area (Å²) in [5.41, 5.74) is 1.35. The Labute approximate surface area is 185 Å². The summed E-state index contributed by atoms with van der Waals surface area (Å²) in [5.74, 6) is -0.195. The molecule has 32 heavy (non-hydrogen) atoms. The topological polar surface area (TPSA) is 116 Å². The second kappa shape index (κ2) is 9.47. The molecule has 1 aliphatic heterocycles. The molecular weight excluding hydrogens is 434 g/mol. The number of nitrogens with zero attached hydrogens (tertiary/aromatic N) is 4. The zero-order valence-corrected chi connectivity index (χ0v) is 18.3. The molecule has 0 bridgehead atoms. The van der Waals surface area contributed by atoms with Gasteiger partial charge in [0.25, 0.3) is 5.91 Å². The highest BCUT2D eigenvalue weighted by Crippen LogP contribution is 2.29. The van der Waals surface area contributed by atoms with Crippen molar-refractivity contribution in [2.75, 3.05) is 38.7 Å². The van der Waals surface area contributed by atoms with E-state index in [-0.39, 0.29) is 29.4 Å². The van der Waals surface area contributed by atoms with Gasteiger partial charge < -0.3 is 14.8 Å². The van der Waals surface area contributed by atoms with Crippen LogP contribution in [0.25, 0.3) is 0 Å². The van der Waals surface area contributed by atoms with Crippen LogP contribution in [0.1, 0.15) is 16.1 Å². The lowest BCUT2D eigenvalue weighted by Gasteiger charge is -2.26. The summed E-state index contributed by atoms with van der Waals surface area (Å²) in [6.07, 6.45) is 1.53. The molecule has 11 heteroatoms. The first-order valence-corrected chi connectivity index (χ1v) is 11.4. The van der Waals surface area contributed by atoms with Crippen LogP contribution in [0, 0.1) is 0 Å². The van der Waals surface area contributed by atoms with Crippen LogP contribution in [-0.4, -0.2) is 67.0 Å². The van der Waals surface area contributed by atoms with E-state index in [1.807, 2.05) is 30.3 Å². The highest BCUT2D eigenvalue weighted by molar-refractivity contribution is 7.89. The van der Waals surface area contributed by atoms with E-state index < -0.39 is 15.9 Å². The van der Waals surface area contributed by atoms with Crippen LogP contribution in [0.5, 0.6) is 5.75 Å². The van der Waals surface area contributed by atoms with Crippen LogP contribution in [0.4, 0.5) is 5.69 Å². The number of amides is 1. The lowest BCUT2D eigenvalue weighted by molar-refractivity contribution is 0.0730. The minimum absolute atomic E-state index is 0.0585. The van der Waals surface area contributed by atoms with Gasteiger partial charge in [-0.15, -0.1) is 5.10 Å². The van der Waals surface area contributed by atoms with E-state index in [1.54, 1.807) is 4.68 Å². The number of morpholine rings is 1. The van der Waals surface area contributed by atoms with Gasteiger partial charge in [-0.1, -0.05) is 35.5 Å². The number of carbonyl (C=O) groups is 1. The predicted octanol–water partition coefficient (Wildman–Crippen LogP) is 1.61. The van der Waals surface area contributed by atoms with E-state index in [1.165, 1.54) is 35.8 Å². The summed E-state index contributed by atoms with van der Waals surface area (Å²) in [4.78, 5) is 12.8. The molecule has 0 unspecified atom stereocenters. The molecular formula is C21H23N5O5S. The number of hydrogen-bond donors (Lipinski definition) is 1. The molecule has 1 saturated heterocycles. The van der Waals surface area contributed by atoms with Gasteiger partial charge >= 0.3 is 0 Å². The summed E-state index contributed by atoms with van der Waals surface area (Å²) in [6, 6.07) is 14.0.